The molecular formula is C16H11NO6S. The van der Waals surface area contributed by atoms with Crippen LogP contribution in [0.15, 0.2) is 53.4 Å². The van der Waals surface area contributed by atoms with Crippen LogP contribution < -0.4 is 0 Å². The molecule has 1 heterocycles. The van der Waals surface area contributed by atoms with Crippen molar-refractivity contribution in [2.45, 2.75) is 4.90 Å². The summed E-state index contributed by atoms with van der Waals surface area (Å²) < 4.78 is 25.3. The highest BCUT2D eigenvalue weighted by Gasteiger charge is 2.41. The van der Waals surface area contributed by atoms with Gasteiger partial charge in [-0.25, -0.2) is 17.5 Å². The molecule has 1 aliphatic rings. The Morgan fingerprint density at radius 1 is 0.958 bits per heavy atom. The van der Waals surface area contributed by atoms with Crippen LogP contribution in [0.1, 0.15) is 31.1 Å². The fourth-order valence-electron chi connectivity index (χ4n) is 2.41. The van der Waals surface area contributed by atoms with E-state index in [9.17, 15) is 22.8 Å². The van der Waals surface area contributed by atoms with Crippen LogP contribution in [0.4, 0.5) is 0 Å². The van der Waals surface area contributed by atoms with Crippen molar-refractivity contribution in [2.24, 2.45) is 0 Å². The van der Waals surface area contributed by atoms with Gasteiger partial charge >= 0.3 is 5.97 Å². The molecule has 8 heteroatoms. The minimum atomic E-state index is -4.05. The van der Waals surface area contributed by atoms with Gasteiger partial charge in [-0.1, -0.05) is 24.3 Å². The Morgan fingerprint density at radius 3 is 2.12 bits per heavy atom. The second-order valence-corrected chi connectivity index (χ2v) is 6.95. The van der Waals surface area contributed by atoms with Gasteiger partial charge in [0.25, 0.3) is 15.9 Å². The molecule has 24 heavy (non-hydrogen) atoms. The first-order valence-corrected chi connectivity index (χ1v) is 8.29. The second-order valence-electron chi connectivity index (χ2n) is 5.12. The topological polar surface area (TPSA) is 109 Å². The highest BCUT2D eigenvalue weighted by atomic mass is 32.2. The maximum absolute atomic E-state index is 12.4. The van der Waals surface area contributed by atoms with Gasteiger partial charge in [0, 0.05) is 5.56 Å². The van der Waals surface area contributed by atoms with Gasteiger partial charge in [-0.05, 0) is 24.3 Å². The number of hydrogen-bond donors (Lipinski definition) is 1. The normalized spacial score (nSPS) is 15.2. The van der Waals surface area contributed by atoms with E-state index in [1.54, 1.807) is 6.07 Å². The summed E-state index contributed by atoms with van der Waals surface area (Å²) >= 11 is 0. The Balaban J connectivity index is 1.88. The van der Waals surface area contributed by atoms with Gasteiger partial charge in [0.2, 0.25) is 0 Å². The zero-order valence-corrected chi connectivity index (χ0v) is 13.0. The number of fused-ring (bicyclic) bond motifs is 1. The van der Waals surface area contributed by atoms with Crippen LogP contribution in [0.2, 0.25) is 0 Å². The number of carbonyl (C=O) groups is 3. The third-order valence-electron chi connectivity index (χ3n) is 3.65. The molecule has 2 aromatic rings. The van der Waals surface area contributed by atoms with E-state index in [0.29, 0.717) is 4.31 Å². The molecule has 0 spiro atoms. The number of aromatic carboxylic acids is 1. The molecule has 0 saturated carbocycles. The van der Waals surface area contributed by atoms with Crippen LogP contribution in [0.3, 0.4) is 0 Å². The van der Waals surface area contributed by atoms with Gasteiger partial charge in [-0.3, -0.25) is 9.59 Å². The van der Waals surface area contributed by atoms with E-state index in [0.717, 1.165) is 0 Å². The van der Waals surface area contributed by atoms with Crippen LogP contribution in [0.5, 0.6) is 0 Å². The fraction of sp³-hybridized carbons (Fsp3) is 0.0625. The minimum Gasteiger partial charge on any atom is -0.478 e. The van der Waals surface area contributed by atoms with E-state index in [2.05, 4.69) is 0 Å². The number of sulfonamides is 1. The van der Waals surface area contributed by atoms with E-state index in [4.69, 9.17) is 5.11 Å². The molecule has 1 N–H and O–H groups in total. The zero-order chi connectivity index (χ0) is 17.5. The standard InChI is InChI=1S/C16H11NO6S/c18-13(10-5-7-11(8-6-10)16(20)21)9-17-15(19)12-3-1-2-4-14(12)24(17,22)23/h1-8H,9H2,(H,20,21). The Morgan fingerprint density at radius 2 is 1.54 bits per heavy atom. The third kappa shape index (κ3) is 2.46. The molecule has 0 bridgehead atoms. The average Bonchev–Trinajstić information content (AvgIpc) is 2.76. The van der Waals surface area contributed by atoms with Crippen LogP contribution in [-0.4, -0.2) is 42.0 Å². The van der Waals surface area contributed by atoms with Crippen LogP contribution in [0, 0.1) is 0 Å². The van der Waals surface area contributed by atoms with Crippen LogP contribution >= 0.6 is 0 Å². The van der Waals surface area contributed by atoms with Crippen molar-refractivity contribution in [3.05, 3.63) is 65.2 Å². The van der Waals surface area contributed by atoms with Crippen molar-refractivity contribution in [3.8, 4) is 0 Å². The number of nitrogens with zero attached hydrogens (tertiary/aromatic N) is 1. The third-order valence-corrected chi connectivity index (χ3v) is 5.44. The minimum absolute atomic E-state index is 0.00354. The molecule has 0 aromatic heterocycles. The first-order valence-electron chi connectivity index (χ1n) is 6.85. The summed E-state index contributed by atoms with van der Waals surface area (Å²) in [6.45, 7) is -0.637. The molecule has 0 atom stereocenters. The molecule has 122 valence electrons. The number of amides is 1. The Kier molecular flexibility index (Phi) is 3.69. The quantitative estimate of drug-likeness (QED) is 0.839. The van der Waals surface area contributed by atoms with Crippen molar-refractivity contribution in [2.75, 3.05) is 6.54 Å². The first kappa shape index (κ1) is 15.9. The number of Topliss-reactive ketones (excluding diaryl/α,β-unsaturated/α-hetero) is 1. The number of carboxylic acid groups (broad SMARTS) is 1. The largest absolute Gasteiger partial charge is 0.478 e. The lowest BCUT2D eigenvalue weighted by Gasteiger charge is -2.14. The number of benzene rings is 2. The van der Waals surface area contributed by atoms with Gasteiger partial charge in [-0.2, -0.15) is 0 Å². The lowest BCUT2D eigenvalue weighted by molar-refractivity contribution is 0.0696. The van der Waals surface area contributed by atoms with Crippen molar-refractivity contribution < 1.29 is 27.9 Å². The monoisotopic (exact) mass is 345 g/mol. The zero-order valence-electron chi connectivity index (χ0n) is 12.2. The maximum atomic E-state index is 12.4. The van der Waals surface area contributed by atoms with Gasteiger partial charge in [0.1, 0.15) is 11.4 Å². The molecule has 0 saturated heterocycles. The summed E-state index contributed by atoms with van der Waals surface area (Å²) in [7, 11) is -4.05. The molecule has 0 unspecified atom stereocenters. The van der Waals surface area contributed by atoms with Crippen molar-refractivity contribution in [1.82, 2.24) is 4.31 Å². The Labute approximate surface area is 137 Å². The summed E-state index contributed by atoms with van der Waals surface area (Å²) in [5.74, 6) is -2.49. The lowest BCUT2D eigenvalue weighted by atomic mass is 10.1. The van der Waals surface area contributed by atoms with Crippen molar-refractivity contribution in [1.29, 1.82) is 0 Å². The molecule has 0 aliphatic carbocycles. The molecular weight excluding hydrogens is 334 g/mol. The van der Waals surface area contributed by atoms with Crippen LogP contribution in [-0.2, 0) is 10.0 Å². The summed E-state index contributed by atoms with van der Waals surface area (Å²) in [6.07, 6.45) is 0. The molecule has 1 aliphatic heterocycles. The maximum Gasteiger partial charge on any atom is 0.335 e. The lowest BCUT2D eigenvalue weighted by Crippen LogP contribution is -2.35. The van der Waals surface area contributed by atoms with Crippen molar-refractivity contribution >= 4 is 27.7 Å². The average molecular weight is 345 g/mol. The molecule has 2 aromatic carbocycles. The number of hydrogen-bond acceptors (Lipinski definition) is 5. The summed E-state index contributed by atoms with van der Waals surface area (Å²) in [4.78, 5) is 35.2. The highest BCUT2D eigenvalue weighted by molar-refractivity contribution is 7.90. The number of rotatable bonds is 4. The Bertz CT molecular complexity index is 962. The van der Waals surface area contributed by atoms with Gasteiger partial charge in [0.05, 0.1) is 11.1 Å². The molecule has 1 amide bonds. The highest BCUT2D eigenvalue weighted by Crippen LogP contribution is 2.29. The Hall–Kier alpha value is -3.00. The summed E-state index contributed by atoms with van der Waals surface area (Å²) in [5, 5.41) is 8.83. The summed E-state index contributed by atoms with van der Waals surface area (Å²) in [5.41, 5.74) is 0.161. The van der Waals surface area contributed by atoms with E-state index in [1.165, 1.54) is 42.5 Å². The first-order chi connectivity index (χ1) is 11.3. The number of ketones is 1. The predicted molar refractivity (Wildman–Crippen MR) is 82.4 cm³/mol. The van der Waals surface area contributed by atoms with E-state index in [1.807, 2.05) is 0 Å². The predicted octanol–water partition coefficient (Wildman–Crippen LogP) is 1.41. The van der Waals surface area contributed by atoms with E-state index in [-0.39, 0.29) is 21.6 Å². The fourth-order valence-corrected chi connectivity index (χ4v) is 3.93. The summed E-state index contributed by atoms with van der Waals surface area (Å²) in [6, 6.07) is 10.8. The van der Waals surface area contributed by atoms with E-state index < -0.39 is 34.2 Å². The molecule has 7 nitrogen and oxygen atoms in total. The van der Waals surface area contributed by atoms with Gasteiger partial charge in [0.15, 0.2) is 5.78 Å². The van der Waals surface area contributed by atoms with Crippen molar-refractivity contribution in [3.63, 3.8) is 0 Å². The molecule has 0 fully saturated rings. The van der Waals surface area contributed by atoms with Crippen LogP contribution in [0.25, 0.3) is 0 Å². The SMILES string of the molecule is O=C(O)c1ccc(C(=O)CN2C(=O)c3ccccc3S2(=O)=O)cc1. The molecule has 3 rings (SSSR count). The number of carbonyl (C=O) groups excluding carboxylic acids is 2. The van der Waals surface area contributed by atoms with Gasteiger partial charge < -0.3 is 5.11 Å². The second kappa shape index (κ2) is 5.57. The molecule has 0 radical (unpaired) electrons. The van der Waals surface area contributed by atoms with E-state index >= 15 is 0 Å². The number of carboxylic acids is 1. The van der Waals surface area contributed by atoms with Gasteiger partial charge in [-0.15, -0.1) is 0 Å². The smallest absolute Gasteiger partial charge is 0.335 e.